The molecule has 0 aromatic carbocycles. The Bertz CT molecular complexity index is 447. The van der Waals surface area contributed by atoms with E-state index in [0.29, 0.717) is 24.2 Å². The van der Waals surface area contributed by atoms with E-state index in [9.17, 15) is 4.79 Å². The average molecular weight is 264 g/mol. The maximum atomic E-state index is 11.6. The number of anilines is 1. The molecule has 1 heterocycles. The van der Waals surface area contributed by atoms with Crippen LogP contribution in [0.2, 0.25) is 0 Å². The molecule has 5 nitrogen and oxygen atoms in total. The molecule has 5 heteroatoms. The van der Waals surface area contributed by atoms with Gasteiger partial charge in [0.25, 0.3) is 5.56 Å². The second-order valence-electron chi connectivity index (χ2n) is 5.40. The quantitative estimate of drug-likeness (QED) is 0.669. The van der Waals surface area contributed by atoms with E-state index in [4.69, 9.17) is 5.73 Å². The highest BCUT2D eigenvalue weighted by atomic mass is 16.1. The number of nitrogens with zero attached hydrogens (tertiary/aromatic N) is 1. The molecule has 0 saturated heterocycles. The zero-order valence-electron chi connectivity index (χ0n) is 11.6. The Balaban J connectivity index is 1.95. The molecule has 1 atom stereocenters. The van der Waals surface area contributed by atoms with E-state index < -0.39 is 0 Å². The second-order valence-corrected chi connectivity index (χ2v) is 5.40. The SMILES string of the molecule is CCCC(CCN)CNc1cc(=O)[nH]c(C2CC2)n1. The minimum Gasteiger partial charge on any atom is -0.370 e. The van der Waals surface area contributed by atoms with Crippen LogP contribution in [0.5, 0.6) is 0 Å². The van der Waals surface area contributed by atoms with Gasteiger partial charge in [-0.05, 0) is 38.1 Å². The number of nitrogens with one attached hydrogen (secondary N) is 2. The van der Waals surface area contributed by atoms with Gasteiger partial charge in [0.15, 0.2) is 0 Å². The molecule has 0 amide bonds. The third-order valence-electron chi connectivity index (χ3n) is 3.57. The van der Waals surface area contributed by atoms with E-state index in [0.717, 1.165) is 44.5 Å². The Labute approximate surface area is 114 Å². The van der Waals surface area contributed by atoms with Crippen LogP contribution in [-0.4, -0.2) is 23.1 Å². The number of rotatable bonds is 8. The summed E-state index contributed by atoms with van der Waals surface area (Å²) in [6.45, 7) is 3.73. The van der Waals surface area contributed by atoms with Crippen LogP contribution in [0.3, 0.4) is 0 Å². The topological polar surface area (TPSA) is 83.8 Å². The third-order valence-corrected chi connectivity index (χ3v) is 3.57. The standard InChI is InChI=1S/C14H24N4O/c1-2-3-10(6-7-15)9-16-12-8-13(19)18-14(17-12)11-4-5-11/h8,10-11H,2-7,9,15H2,1H3,(H2,16,17,18,19). The van der Waals surface area contributed by atoms with Crippen molar-refractivity contribution in [2.45, 2.75) is 44.9 Å². The number of aromatic nitrogens is 2. The minimum atomic E-state index is -0.0646. The molecule has 1 aliphatic rings. The monoisotopic (exact) mass is 264 g/mol. The second kappa shape index (κ2) is 6.70. The molecule has 106 valence electrons. The van der Waals surface area contributed by atoms with Gasteiger partial charge in [0.1, 0.15) is 11.6 Å². The van der Waals surface area contributed by atoms with Crippen LogP contribution < -0.4 is 16.6 Å². The van der Waals surface area contributed by atoms with Crippen molar-refractivity contribution in [3.05, 3.63) is 22.2 Å². The molecule has 1 aliphatic carbocycles. The number of hydrogen-bond acceptors (Lipinski definition) is 4. The average Bonchev–Trinajstić information content (AvgIpc) is 3.20. The molecule has 19 heavy (non-hydrogen) atoms. The summed E-state index contributed by atoms with van der Waals surface area (Å²) in [4.78, 5) is 18.9. The van der Waals surface area contributed by atoms with E-state index in [1.165, 1.54) is 6.07 Å². The zero-order chi connectivity index (χ0) is 13.7. The molecule has 0 bridgehead atoms. The van der Waals surface area contributed by atoms with Gasteiger partial charge in [-0.2, -0.15) is 0 Å². The van der Waals surface area contributed by atoms with Gasteiger partial charge < -0.3 is 16.0 Å². The van der Waals surface area contributed by atoms with Crippen molar-refractivity contribution in [3.63, 3.8) is 0 Å². The molecule has 4 N–H and O–H groups in total. The van der Waals surface area contributed by atoms with Crippen LogP contribution in [0.15, 0.2) is 10.9 Å². The Morgan fingerprint density at radius 3 is 2.95 bits per heavy atom. The lowest BCUT2D eigenvalue weighted by Gasteiger charge is -2.16. The van der Waals surface area contributed by atoms with Gasteiger partial charge in [0.05, 0.1) is 0 Å². The fourth-order valence-corrected chi connectivity index (χ4v) is 2.36. The fraction of sp³-hybridized carbons (Fsp3) is 0.714. The van der Waals surface area contributed by atoms with E-state index >= 15 is 0 Å². The largest absolute Gasteiger partial charge is 0.370 e. The first-order chi connectivity index (χ1) is 9.22. The van der Waals surface area contributed by atoms with Crippen LogP contribution in [0.4, 0.5) is 5.82 Å². The van der Waals surface area contributed by atoms with Crippen molar-refractivity contribution in [1.29, 1.82) is 0 Å². The number of nitrogens with two attached hydrogens (primary N) is 1. The van der Waals surface area contributed by atoms with Crippen molar-refractivity contribution in [1.82, 2.24) is 9.97 Å². The summed E-state index contributed by atoms with van der Waals surface area (Å²) in [6.07, 6.45) is 5.60. The Kier molecular flexibility index (Phi) is 4.96. The molecular formula is C14H24N4O. The molecule has 0 spiro atoms. The highest BCUT2D eigenvalue weighted by Gasteiger charge is 2.26. The first-order valence-corrected chi connectivity index (χ1v) is 7.28. The Hall–Kier alpha value is -1.36. The summed E-state index contributed by atoms with van der Waals surface area (Å²) in [7, 11) is 0. The predicted octanol–water partition coefficient (Wildman–Crippen LogP) is 1.82. The van der Waals surface area contributed by atoms with E-state index in [-0.39, 0.29) is 5.56 Å². The van der Waals surface area contributed by atoms with Gasteiger partial charge in [0.2, 0.25) is 0 Å². The first-order valence-electron chi connectivity index (χ1n) is 7.28. The molecule has 1 unspecified atom stereocenters. The Morgan fingerprint density at radius 2 is 2.32 bits per heavy atom. The Morgan fingerprint density at radius 1 is 1.53 bits per heavy atom. The molecule has 0 radical (unpaired) electrons. The van der Waals surface area contributed by atoms with Crippen LogP contribution in [0.25, 0.3) is 0 Å². The van der Waals surface area contributed by atoms with Gasteiger partial charge in [-0.15, -0.1) is 0 Å². The van der Waals surface area contributed by atoms with E-state index in [1.54, 1.807) is 0 Å². The maximum Gasteiger partial charge on any atom is 0.252 e. The van der Waals surface area contributed by atoms with Gasteiger partial charge in [-0.25, -0.2) is 4.98 Å². The van der Waals surface area contributed by atoms with E-state index in [1.807, 2.05) is 0 Å². The number of H-pyrrole nitrogens is 1. The summed E-state index contributed by atoms with van der Waals surface area (Å²) < 4.78 is 0. The highest BCUT2D eigenvalue weighted by Crippen LogP contribution is 2.37. The normalized spacial score (nSPS) is 16.3. The summed E-state index contributed by atoms with van der Waals surface area (Å²) in [5, 5.41) is 3.29. The van der Waals surface area contributed by atoms with Crippen LogP contribution in [0.1, 0.15) is 50.8 Å². The fourth-order valence-electron chi connectivity index (χ4n) is 2.36. The lowest BCUT2D eigenvalue weighted by atomic mass is 10.00. The smallest absolute Gasteiger partial charge is 0.252 e. The first kappa shape index (κ1) is 14.1. The van der Waals surface area contributed by atoms with E-state index in [2.05, 4.69) is 22.2 Å². The molecule has 1 aromatic rings. The summed E-state index contributed by atoms with van der Waals surface area (Å²) in [6, 6.07) is 1.54. The number of aromatic amines is 1. The highest BCUT2D eigenvalue weighted by molar-refractivity contribution is 5.34. The summed E-state index contributed by atoms with van der Waals surface area (Å²) >= 11 is 0. The summed E-state index contributed by atoms with van der Waals surface area (Å²) in [5.41, 5.74) is 5.56. The van der Waals surface area contributed by atoms with Crippen molar-refractivity contribution < 1.29 is 0 Å². The lowest BCUT2D eigenvalue weighted by Crippen LogP contribution is -2.20. The molecule has 1 saturated carbocycles. The molecule has 0 aliphatic heterocycles. The van der Waals surface area contributed by atoms with Gasteiger partial charge >= 0.3 is 0 Å². The minimum absolute atomic E-state index is 0.0646. The lowest BCUT2D eigenvalue weighted by molar-refractivity contribution is 0.473. The van der Waals surface area contributed by atoms with Crippen molar-refractivity contribution >= 4 is 5.82 Å². The molecule has 2 rings (SSSR count). The van der Waals surface area contributed by atoms with Gasteiger partial charge in [-0.3, -0.25) is 4.79 Å². The number of hydrogen-bond donors (Lipinski definition) is 3. The summed E-state index contributed by atoms with van der Waals surface area (Å²) in [5.74, 6) is 2.55. The zero-order valence-corrected chi connectivity index (χ0v) is 11.6. The van der Waals surface area contributed by atoms with Crippen molar-refractivity contribution in [2.24, 2.45) is 11.7 Å². The van der Waals surface area contributed by atoms with Crippen LogP contribution >= 0.6 is 0 Å². The van der Waals surface area contributed by atoms with Crippen molar-refractivity contribution in [2.75, 3.05) is 18.4 Å². The predicted molar refractivity (Wildman–Crippen MR) is 77.4 cm³/mol. The van der Waals surface area contributed by atoms with Crippen LogP contribution in [0, 0.1) is 5.92 Å². The molecular weight excluding hydrogens is 240 g/mol. The van der Waals surface area contributed by atoms with Gasteiger partial charge in [-0.1, -0.05) is 13.3 Å². The van der Waals surface area contributed by atoms with Gasteiger partial charge in [0, 0.05) is 18.5 Å². The third kappa shape index (κ3) is 4.35. The molecule has 1 fully saturated rings. The van der Waals surface area contributed by atoms with Crippen LogP contribution in [-0.2, 0) is 0 Å². The molecule has 1 aromatic heterocycles. The van der Waals surface area contributed by atoms with Crippen molar-refractivity contribution in [3.8, 4) is 0 Å². The maximum absolute atomic E-state index is 11.6.